The van der Waals surface area contributed by atoms with Crippen molar-refractivity contribution in [2.45, 2.75) is 39.2 Å². The average molecular weight is 246 g/mol. The van der Waals surface area contributed by atoms with E-state index in [0.29, 0.717) is 5.56 Å². The maximum Gasteiger partial charge on any atom is 0.337 e. The van der Waals surface area contributed by atoms with Gasteiger partial charge in [-0.1, -0.05) is 26.2 Å². The van der Waals surface area contributed by atoms with Crippen LogP contribution in [-0.2, 0) is 6.54 Å². The highest BCUT2D eigenvalue weighted by molar-refractivity contribution is 6.02. The lowest BCUT2D eigenvalue weighted by Gasteiger charge is -2.03. The van der Waals surface area contributed by atoms with Crippen molar-refractivity contribution < 1.29 is 9.90 Å². The van der Waals surface area contributed by atoms with Gasteiger partial charge in [0.1, 0.15) is 5.65 Å². The minimum Gasteiger partial charge on any atom is -0.478 e. The number of hydrogen-bond acceptors (Lipinski definition) is 2. The number of hydrogen-bond donors (Lipinski definition) is 1. The molecule has 0 saturated carbocycles. The summed E-state index contributed by atoms with van der Waals surface area (Å²) < 4.78 is 1.95. The lowest BCUT2D eigenvalue weighted by molar-refractivity contribution is 0.0699. The van der Waals surface area contributed by atoms with Crippen LogP contribution in [0.25, 0.3) is 11.0 Å². The van der Waals surface area contributed by atoms with E-state index in [0.717, 1.165) is 24.0 Å². The Bertz CT molecular complexity index is 546. The predicted molar refractivity (Wildman–Crippen MR) is 70.8 cm³/mol. The van der Waals surface area contributed by atoms with Crippen LogP contribution < -0.4 is 0 Å². The van der Waals surface area contributed by atoms with Gasteiger partial charge in [0.15, 0.2) is 0 Å². The van der Waals surface area contributed by atoms with Gasteiger partial charge in [-0.2, -0.15) is 0 Å². The number of rotatable bonds is 6. The van der Waals surface area contributed by atoms with Crippen molar-refractivity contribution in [2.75, 3.05) is 0 Å². The van der Waals surface area contributed by atoms with Crippen LogP contribution in [0, 0.1) is 0 Å². The summed E-state index contributed by atoms with van der Waals surface area (Å²) in [5.74, 6) is -0.889. The molecule has 4 heteroatoms. The zero-order chi connectivity index (χ0) is 13.0. The van der Waals surface area contributed by atoms with Crippen molar-refractivity contribution in [3.63, 3.8) is 0 Å². The van der Waals surface area contributed by atoms with Crippen molar-refractivity contribution in [1.29, 1.82) is 0 Å². The quantitative estimate of drug-likeness (QED) is 0.795. The Morgan fingerprint density at radius 2 is 2.22 bits per heavy atom. The molecule has 0 aliphatic carbocycles. The van der Waals surface area contributed by atoms with Crippen LogP contribution in [0.15, 0.2) is 24.5 Å². The molecule has 2 aromatic heterocycles. The minimum atomic E-state index is -0.889. The fourth-order valence-corrected chi connectivity index (χ4v) is 2.17. The number of carboxylic acid groups (broad SMARTS) is 1. The molecule has 1 N–H and O–H groups in total. The van der Waals surface area contributed by atoms with E-state index in [1.54, 1.807) is 18.5 Å². The predicted octanol–water partition coefficient (Wildman–Crippen LogP) is 3.31. The van der Waals surface area contributed by atoms with Crippen molar-refractivity contribution in [3.05, 3.63) is 30.1 Å². The van der Waals surface area contributed by atoms with Crippen LogP contribution in [0.3, 0.4) is 0 Å². The van der Waals surface area contributed by atoms with Gasteiger partial charge in [0.2, 0.25) is 0 Å². The van der Waals surface area contributed by atoms with Crippen molar-refractivity contribution >= 4 is 17.0 Å². The summed E-state index contributed by atoms with van der Waals surface area (Å²) in [5, 5.41) is 9.89. The second-order valence-electron chi connectivity index (χ2n) is 4.48. The number of aromatic carboxylic acids is 1. The highest BCUT2D eigenvalue weighted by atomic mass is 16.4. The van der Waals surface area contributed by atoms with Crippen molar-refractivity contribution in [1.82, 2.24) is 9.55 Å². The highest BCUT2D eigenvalue weighted by Crippen LogP contribution is 2.20. The second-order valence-corrected chi connectivity index (χ2v) is 4.48. The number of pyridine rings is 1. The normalized spacial score (nSPS) is 10.9. The molecular weight excluding hydrogens is 228 g/mol. The van der Waals surface area contributed by atoms with Crippen LogP contribution in [0.4, 0.5) is 0 Å². The van der Waals surface area contributed by atoms with E-state index in [-0.39, 0.29) is 0 Å². The fourth-order valence-electron chi connectivity index (χ4n) is 2.17. The van der Waals surface area contributed by atoms with Gasteiger partial charge in [-0.25, -0.2) is 9.78 Å². The van der Waals surface area contributed by atoms with E-state index < -0.39 is 5.97 Å². The standard InChI is InChI=1S/C14H18N2O2/c1-2-3-4-5-9-16-10-12(14(17)18)11-7-6-8-15-13(11)16/h6-8,10H,2-5,9H2,1H3,(H,17,18). The molecule has 2 rings (SSSR count). The number of unbranched alkanes of at least 4 members (excludes halogenated alkanes) is 3. The summed E-state index contributed by atoms with van der Waals surface area (Å²) in [6, 6.07) is 3.59. The molecule has 96 valence electrons. The average Bonchev–Trinajstić information content (AvgIpc) is 2.74. The third kappa shape index (κ3) is 2.53. The monoisotopic (exact) mass is 246 g/mol. The molecule has 2 aromatic rings. The van der Waals surface area contributed by atoms with Crippen LogP contribution in [0.5, 0.6) is 0 Å². The number of fused-ring (bicyclic) bond motifs is 1. The zero-order valence-corrected chi connectivity index (χ0v) is 10.6. The summed E-state index contributed by atoms with van der Waals surface area (Å²) in [5.41, 5.74) is 1.11. The lowest BCUT2D eigenvalue weighted by atomic mass is 10.2. The molecule has 0 fully saturated rings. The first kappa shape index (κ1) is 12.6. The molecule has 0 unspecified atom stereocenters. The van der Waals surface area contributed by atoms with E-state index in [4.69, 9.17) is 5.11 Å². The Labute approximate surface area is 106 Å². The number of carbonyl (C=O) groups is 1. The largest absolute Gasteiger partial charge is 0.478 e. The number of nitrogens with zero attached hydrogens (tertiary/aromatic N) is 2. The molecule has 0 aromatic carbocycles. The maximum atomic E-state index is 11.2. The van der Waals surface area contributed by atoms with E-state index in [9.17, 15) is 4.79 Å². The van der Waals surface area contributed by atoms with Gasteiger partial charge in [-0.15, -0.1) is 0 Å². The molecule has 2 heterocycles. The molecule has 18 heavy (non-hydrogen) atoms. The highest BCUT2D eigenvalue weighted by Gasteiger charge is 2.14. The van der Waals surface area contributed by atoms with Gasteiger partial charge in [0.05, 0.1) is 5.56 Å². The van der Waals surface area contributed by atoms with Crippen LogP contribution in [-0.4, -0.2) is 20.6 Å². The fraction of sp³-hybridized carbons (Fsp3) is 0.429. The SMILES string of the molecule is CCCCCCn1cc(C(=O)O)c2cccnc21. The van der Waals surface area contributed by atoms with Crippen molar-refractivity contribution in [2.24, 2.45) is 0 Å². The number of aryl methyl sites for hydroxylation is 1. The molecular formula is C14H18N2O2. The van der Waals surface area contributed by atoms with Gasteiger partial charge in [0, 0.05) is 24.3 Å². The molecule has 0 amide bonds. The van der Waals surface area contributed by atoms with Crippen LogP contribution >= 0.6 is 0 Å². The molecule has 0 bridgehead atoms. The Morgan fingerprint density at radius 1 is 1.39 bits per heavy atom. The molecule has 0 radical (unpaired) electrons. The van der Waals surface area contributed by atoms with Gasteiger partial charge in [-0.3, -0.25) is 0 Å². The van der Waals surface area contributed by atoms with E-state index in [2.05, 4.69) is 11.9 Å². The lowest BCUT2D eigenvalue weighted by Crippen LogP contribution is -1.98. The minimum absolute atomic E-state index is 0.341. The Morgan fingerprint density at radius 3 is 2.94 bits per heavy atom. The Balaban J connectivity index is 2.24. The van der Waals surface area contributed by atoms with E-state index >= 15 is 0 Å². The van der Waals surface area contributed by atoms with Gasteiger partial charge < -0.3 is 9.67 Å². The molecule has 0 aliphatic rings. The van der Waals surface area contributed by atoms with Gasteiger partial charge >= 0.3 is 5.97 Å². The maximum absolute atomic E-state index is 11.2. The first-order valence-electron chi connectivity index (χ1n) is 6.41. The first-order valence-corrected chi connectivity index (χ1v) is 6.41. The van der Waals surface area contributed by atoms with Crippen LogP contribution in [0.1, 0.15) is 43.0 Å². The van der Waals surface area contributed by atoms with E-state index in [1.807, 2.05) is 10.6 Å². The van der Waals surface area contributed by atoms with Gasteiger partial charge in [0.25, 0.3) is 0 Å². The molecule has 0 spiro atoms. The Kier molecular flexibility index (Phi) is 3.97. The third-order valence-corrected chi connectivity index (χ3v) is 3.12. The first-order chi connectivity index (χ1) is 8.74. The summed E-state index contributed by atoms with van der Waals surface area (Å²) in [4.78, 5) is 15.4. The van der Waals surface area contributed by atoms with Gasteiger partial charge in [-0.05, 0) is 18.6 Å². The molecule has 0 saturated heterocycles. The zero-order valence-electron chi connectivity index (χ0n) is 10.6. The summed E-state index contributed by atoms with van der Waals surface area (Å²) in [6.45, 7) is 3.01. The Hall–Kier alpha value is -1.84. The molecule has 0 aliphatic heterocycles. The van der Waals surface area contributed by atoms with Crippen molar-refractivity contribution in [3.8, 4) is 0 Å². The summed E-state index contributed by atoms with van der Waals surface area (Å²) >= 11 is 0. The number of aromatic nitrogens is 2. The van der Waals surface area contributed by atoms with E-state index in [1.165, 1.54) is 19.3 Å². The molecule has 0 atom stereocenters. The summed E-state index contributed by atoms with van der Waals surface area (Å²) in [7, 11) is 0. The topological polar surface area (TPSA) is 55.1 Å². The summed E-state index contributed by atoms with van der Waals surface area (Å²) in [6.07, 6.45) is 8.06. The smallest absolute Gasteiger partial charge is 0.337 e. The molecule has 4 nitrogen and oxygen atoms in total. The van der Waals surface area contributed by atoms with Crippen LogP contribution in [0.2, 0.25) is 0 Å². The number of carboxylic acids is 1. The second kappa shape index (κ2) is 5.67. The third-order valence-electron chi connectivity index (χ3n) is 3.12.